The van der Waals surface area contributed by atoms with Gasteiger partial charge in [0.05, 0.1) is 17.8 Å². The molecule has 0 bridgehead atoms. The second kappa shape index (κ2) is 9.87. The first-order valence-electron chi connectivity index (χ1n) is 11.6. The van der Waals surface area contributed by atoms with Crippen molar-refractivity contribution in [3.63, 3.8) is 0 Å². The van der Waals surface area contributed by atoms with Gasteiger partial charge in [0.15, 0.2) is 17.6 Å². The lowest BCUT2D eigenvalue weighted by Crippen LogP contribution is -2.40. The molecule has 3 aromatic rings. The van der Waals surface area contributed by atoms with Gasteiger partial charge >= 0.3 is 0 Å². The molecule has 1 N–H and O–H groups in total. The first-order valence-corrected chi connectivity index (χ1v) is 11.6. The van der Waals surface area contributed by atoms with Crippen LogP contribution in [0.3, 0.4) is 0 Å². The number of halogens is 2. The van der Waals surface area contributed by atoms with Gasteiger partial charge in [-0.2, -0.15) is 4.39 Å². The highest BCUT2D eigenvalue weighted by molar-refractivity contribution is 5.72. The number of rotatable bonds is 5. The van der Waals surface area contributed by atoms with Crippen molar-refractivity contribution in [3.05, 3.63) is 52.8 Å². The monoisotopic (exact) mass is 469 g/mol. The summed E-state index contributed by atoms with van der Waals surface area (Å²) in [6.07, 6.45) is 4.88. The fourth-order valence-electron chi connectivity index (χ4n) is 4.57. The summed E-state index contributed by atoms with van der Waals surface area (Å²) in [5.74, 6) is 0.370. The van der Waals surface area contributed by atoms with E-state index >= 15 is 0 Å². The molecule has 1 aromatic carbocycles. The molecule has 4 rings (SSSR count). The zero-order valence-corrected chi connectivity index (χ0v) is 19.6. The highest BCUT2D eigenvalue weighted by Crippen LogP contribution is 2.33. The van der Waals surface area contributed by atoms with Crippen molar-refractivity contribution in [2.75, 3.05) is 11.9 Å². The van der Waals surface area contributed by atoms with Gasteiger partial charge in [-0.1, -0.05) is 32.3 Å². The van der Waals surface area contributed by atoms with Gasteiger partial charge in [0, 0.05) is 20.2 Å². The lowest BCUT2D eigenvalue weighted by molar-refractivity contribution is 0.253. The Balaban J connectivity index is 1.56. The largest absolute Gasteiger partial charge is 0.507 e. The maximum absolute atomic E-state index is 14.8. The number of aromatic hydroxyl groups is 1. The van der Waals surface area contributed by atoms with Crippen molar-refractivity contribution >= 4 is 5.82 Å². The summed E-state index contributed by atoms with van der Waals surface area (Å²) >= 11 is 0. The number of pyridine rings is 1. The van der Waals surface area contributed by atoms with Gasteiger partial charge < -0.3 is 10.0 Å². The average molecular weight is 470 g/mol. The Kier molecular flexibility index (Phi) is 6.90. The minimum Gasteiger partial charge on any atom is -0.507 e. The maximum Gasteiger partial charge on any atom is 0.253 e. The van der Waals surface area contributed by atoms with E-state index in [1.165, 1.54) is 31.4 Å². The molecule has 1 aliphatic carbocycles. The Bertz CT molecular complexity index is 1210. The molecule has 9 heteroatoms. The minimum absolute atomic E-state index is 0.125. The number of phenolic OH excluding ortho intramolecular Hbond substituents is 1. The predicted molar refractivity (Wildman–Crippen MR) is 127 cm³/mol. The van der Waals surface area contributed by atoms with Gasteiger partial charge in [-0.3, -0.25) is 9.36 Å². The van der Waals surface area contributed by atoms with Gasteiger partial charge in [-0.15, -0.1) is 10.2 Å². The van der Waals surface area contributed by atoms with Crippen LogP contribution in [0, 0.1) is 11.9 Å². The molecule has 0 aliphatic heterocycles. The van der Waals surface area contributed by atoms with Crippen molar-refractivity contribution in [2.24, 2.45) is 13.0 Å². The van der Waals surface area contributed by atoms with E-state index in [9.17, 15) is 18.7 Å². The lowest BCUT2D eigenvalue weighted by Gasteiger charge is -2.31. The molecule has 2 heterocycles. The zero-order chi connectivity index (χ0) is 24.4. The van der Waals surface area contributed by atoms with Gasteiger partial charge in [0.1, 0.15) is 11.9 Å². The molecule has 180 valence electrons. The van der Waals surface area contributed by atoms with Crippen LogP contribution in [-0.4, -0.2) is 44.1 Å². The van der Waals surface area contributed by atoms with Crippen LogP contribution in [0.4, 0.5) is 14.6 Å². The van der Waals surface area contributed by atoms with Crippen LogP contribution in [0.25, 0.3) is 22.5 Å². The summed E-state index contributed by atoms with van der Waals surface area (Å²) in [5.41, 5.74) is 0.696. The van der Waals surface area contributed by atoms with Crippen LogP contribution in [0.5, 0.6) is 5.75 Å². The number of anilines is 1. The van der Waals surface area contributed by atoms with Crippen molar-refractivity contribution in [2.45, 2.75) is 51.2 Å². The molecule has 7 nitrogen and oxygen atoms in total. The summed E-state index contributed by atoms with van der Waals surface area (Å²) in [6, 6.07) is 6.92. The number of benzene rings is 1. The second-order valence-electron chi connectivity index (χ2n) is 8.97. The molecular formula is C25H29F2N5O2. The Hall–Kier alpha value is -3.36. The zero-order valence-electron chi connectivity index (χ0n) is 19.6. The smallest absolute Gasteiger partial charge is 0.253 e. The van der Waals surface area contributed by atoms with E-state index in [1.54, 1.807) is 12.1 Å². The summed E-state index contributed by atoms with van der Waals surface area (Å²) in [7, 11) is 3.16. The quantitative estimate of drug-likeness (QED) is 0.438. The molecule has 0 radical (unpaired) electrons. The number of hydrogen-bond acceptors (Lipinski definition) is 6. The molecule has 0 amide bonds. The topological polar surface area (TPSA) is 84.1 Å². The van der Waals surface area contributed by atoms with Crippen molar-refractivity contribution in [1.29, 1.82) is 0 Å². The van der Waals surface area contributed by atoms with Gasteiger partial charge in [0.25, 0.3) is 5.56 Å². The molecule has 3 atom stereocenters. The summed E-state index contributed by atoms with van der Waals surface area (Å²) in [4.78, 5) is 18.0. The van der Waals surface area contributed by atoms with E-state index in [0.29, 0.717) is 34.8 Å². The van der Waals surface area contributed by atoms with E-state index in [-0.39, 0.29) is 17.6 Å². The molecule has 0 saturated heterocycles. The fraction of sp³-hybridized carbons (Fsp3) is 0.440. The summed E-state index contributed by atoms with van der Waals surface area (Å²) < 4.78 is 29.7. The second-order valence-corrected chi connectivity index (χ2v) is 8.97. The van der Waals surface area contributed by atoms with E-state index in [4.69, 9.17) is 0 Å². The molecule has 0 spiro atoms. The third-order valence-corrected chi connectivity index (χ3v) is 6.85. The third kappa shape index (κ3) is 4.78. The van der Waals surface area contributed by atoms with Crippen LogP contribution < -0.4 is 10.5 Å². The molecule has 1 saturated carbocycles. The van der Waals surface area contributed by atoms with Crippen LogP contribution in [0.2, 0.25) is 0 Å². The molecule has 0 unspecified atom stereocenters. The first-order chi connectivity index (χ1) is 16.3. The standard InChI is InChI=1S/C25H29F2N5O2/c1-4-15-6-5-7-19(26)20(10-15)31(2)23-14-28-25(30-29-23)18-9-8-16(11-21(18)33)17-12-22(27)32(3)24(34)13-17/h8-9,11-15,19-20,33H,4-7,10H2,1-3H3/t15-,19+,20-/m1/s1. The number of nitrogens with zero attached hydrogens (tertiary/aromatic N) is 5. The van der Waals surface area contributed by atoms with Crippen molar-refractivity contribution in [3.8, 4) is 28.3 Å². The Morgan fingerprint density at radius 1 is 1.18 bits per heavy atom. The third-order valence-electron chi connectivity index (χ3n) is 6.85. The molecule has 1 aliphatic rings. The van der Waals surface area contributed by atoms with Crippen molar-refractivity contribution in [1.82, 2.24) is 19.7 Å². The Morgan fingerprint density at radius 2 is 1.97 bits per heavy atom. The average Bonchev–Trinajstić information content (AvgIpc) is 3.03. The van der Waals surface area contributed by atoms with Crippen LogP contribution in [0.15, 0.2) is 41.3 Å². The number of alkyl halides is 1. The SMILES string of the molecule is CC[C@@H]1CCC[C@H](F)[C@H](N(C)c2cnc(-c3ccc(-c4cc(F)n(C)c(=O)c4)cc3O)nn2)C1. The number of hydrogen-bond donors (Lipinski definition) is 1. The highest BCUT2D eigenvalue weighted by Gasteiger charge is 2.31. The van der Waals surface area contributed by atoms with Crippen LogP contribution >= 0.6 is 0 Å². The first kappa shape index (κ1) is 23.8. The summed E-state index contributed by atoms with van der Waals surface area (Å²) in [5, 5.41) is 19.0. The molecule has 34 heavy (non-hydrogen) atoms. The van der Waals surface area contributed by atoms with E-state index in [1.807, 2.05) is 11.9 Å². The summed E-state index contributed by atoms with van der Waals surface area (Å²) in [6.45, 7) is 2.14. The molecule has 2 aromatic heterocycles. The lowest BCUT2D eigenvalue weighted by atomic mass is 9.94. The maximum atomic E-state index is 14.8. The number of aromatic nitrogens is 4. The highest BCUT2D eigenvalue weighted by atomic mass is 19.1. The normalized spacial score (nSPS) is 20.7. The van der Waals surface area contributed by atoms with E-state index in [0.717, 1.165) is 30.3 Å². The van der Waals surface area contributed by atoms with Crippen LogP contribution in [0.1, 0.15) is 39.0 Å². The number of phenols is 1. The van der Waals surface area contributed by atoms with Crippen molar-refractivity contribution < 1.29 is 13.9 Å². The minimum atomic E-state index is -0.931. The van der Waals surface area contributed by atoms with E-state index < -0.39 is 17.7 Å². The van der Waals surface area contributed by atoms with Gasteiger partial charge in [-0.25, -0.2) is 9.37 Å². The molecule has 1 fully saturated rings. The molecular weight excluding hydrogens is 440 g/mol. The Morgan fingerprint density at radius 3 is 2.62 bits per heavy atom. The Labute approximate surface area is 197 Å². The predicted octanol–water partition coefficient (Wildman–Crippen LogP) is 4.49. The fourth-order valence-corrected chi connectivity index (χ4v) is 4.57. The van der Waals surface area contributed by atoms with Crippen LogP contribution in [-0.2, 0) is 7.05 Å². The van der Waals surface area contributed by atoms with Gasteiger partial charge in [0.2, 0.25) is 0 Å². The van der Waals surface area contributed by atoms with Gasteiger partial charge in [-0.05, 0) is 48.1 Å². The van der Waals surface area contributed by atoms with E-state index in [2.05, 4.69) is 22.1 Å².